The maximum absolute atomic E-state index is 12.3. The average Bonchev–Trinajstić information content (AvgIpc) is 3.12. The lowest BCUT2D eigenvalue weighted by molar-refractivity contribution is -0.140. The zero-order valence-electron chi connectivity index (χ0n) is 14.8. The van der Waals surface area contributed by atoms with Crippen LogP contribution in [0.15, 0.2) is 48.1 Å². The monoisotopic (exact) mass is 357 g/mol. The van der Waals surface area contributed by atoms with E-state index in [-0.39, 0.29) is 24.6 Å². The number of imidazole rings is 1. The maximum Gasteiger partial charge on any atom is 0.355 e. The van der Waals surface area contributed by atoms with Crippen LogP contribution in [0.2, 0.25) is 0 Å². The fraction of sp³-hybridized carbons (Fsp3) is 0.278. The van der Waals surface area contributed by atoms with Gasteiger partial charge in [0.25, 0.3) is 0 Å². The van der Waals surface area contributed by atoms with Gasteiger partial charge in [0.1, 0.15) is 12.4 Å². The van der Waals surface area contributed by atoms with Crippen molar-refractivity contribution in [2.75, 3.05) is 32.5 Å². The summed E-state index contributed by atoms with van der Waals surface area (Å²) in [5.41, 5.74) is 2.88. The number of aryl methyl sites for hydroxylation is 1. The van der Waals surface area contributed by atoms with E-state index in [4.69, 9.17) is 14.2 Å². The number of anilines is 1. The van der Waals surface area contributed by atoms with Crippen molar-refractivity contribution in [3.05, 3.63) is 48.1 Å². The molecule has 0 fully saturated rings. The van der Waals surface area contributed by atoms with Gasteiger partial charge in [0.05, 0.1) is 44.6 Å². The lowest BCUT2D eigenvalue weighted by Crippen LogP contribution is -2.38. The number of methoxy groups -OCH3 is 2. The first-order valence-corrected chi connectivity index (χ1v) is 7.88. The van der Waals surface area contributed by atoms with E-state index < -0.39 is 11.9 Å². The van der Waals surface area contributed by atoms with Crippen LogP contribution in [-0.2, 0) is 30.8 Å². The van der Waals surface area contributed by atoms with Gasteiger partial charge in [0.2, 0.25) is 0 Å². The molecule has 1 aliphatic rings. The molecule has 0 saturated heterocycles. The summed E-state index contributed by atoms with van der Waals surface area (Å²) in [6, 6.07) is 7.50. The molecule has 0 bridgehead atoms. The van der Waals surface area contributed by atoms with Crippen LogP contribution in [0.5, 0.6) is 0 Å². The van der Waals surface area contributed by atoms with Crippen LogP contribution in [-0.4, -0.2) is 49.0 Å². The van der Waals surface area contributed by atoms with E-state index in [2.05, 4.69) is 4.98 Å². The molecule has 0 amide bonds. The number of hydrogen-bond donors (Lipinski definition) is 0. The second kappa shape index (κ2) is 7.40. The molecule has 0 atom stereocenters. The number of ether oxygens (including phenoxy) is 3. The second-order valence-corrected chi connectivity index (χ2v) is 5.65. The third-order valence-corrected chi connectivity index (χ3v) is 4.12. The number of nitrogens with zero attached hydrogens (tertiary/aromatic N) is 3. The largest absolute Gasteiger partial charge is 0.466 e. The third-order valence-electron chi connectivity index (χ3n) is 4.12. The maximum atomic E-state index is 12.3. The predicted molar refractivity (Wildman–Crippen MR) is 93.0 cm³/mol. The van der Waals surface area contributed by atoms with Gasteiger partial charge < -0.3 is 23.7 Å². The summed E-state index contributed by atoms with van der Waals surface area (Å²) in [5.74, 6) is -1.24. The molecule has 0 N–H and O–H groups in total. The number of carbonyl (C=O) groups is 2. The molecular weight excluding hydrogens is 338 g/mol. The summed E-state index contributed by atoms with van der Waals surface area (Å²) in [6.45, 7) is 0.108. The standard InChI is InChI=1S/C18H19N3O5/c1-20-10-19-8-15(20)12-4-6-13(7-5-12)21-11-26-9-14(17(22)24-2)16(21)18(23)25-3/h4-8,10H,9,11H2,1-3H3. The van der Waals surface area contributed by atoms with Gasteiger partial charge in [-0.2, -0.15) is 0 Å². The second-order valence-electron chi connectivity index (χ2n) is 5.65. The Morgan fingerprint density at radius 2 is 1.81 bits per heavy atom. The highest BCUT2D eigenvalue weighted by atomic mass is 16.5. The Balaban J connectivity index is 1.99. The minimum atomic E-state index is -0.624. The molecule has 26 heavy (non-hydrogen) atoms. The van der Waals surface area contributed by atoms with Gasteiger partial charge in [-0.25, -0.2) is 14.6 Å². The van der Waals surface area contributed by atoms with Crippen LogP contribution in [0, 0.1) is 0 Å². The Bertz CT molecular complexity index is 854. The summed E-state index contributed by atoms with van der Waals surface area (Å²) < 4.78 is 17.0. The topological polar surface area (TPSA) is 82.9 Å². The van der Waals surface area contributed by atoms with Gasteiger partial charge in [0.15, 0.2) is 0 Å². The van der Waals surface area contributed by atoms with Gasteiger partial charge in [0, 0.05) is 12.7 Å². The van der Waals surface area contributed by atoms with Crippen molar-refractivity contribution in [2.45, 2.75) is 0 Å². The molecule has 8 heteroatoms. The molecule has 1 aliphatic heterocycles. The molecule has 0 saturated carbocycles. The number of carbonyl (C=O) groups excluding carboxylic acids is 2. The Hall–Kier alpha value is -3.13. The molecule has 0 aliphatic carbocycles. The molecule has 0 radical (unpaired) electrons. The van der Waals surface area contributed by atoms with Crippen molar-refractivity contribution in [1.82, 2.24) is 9.55 Å². The van der Waals surface area contributed by atoms with Crippen LogP contribution in [0.4, 0.5) is 5.69 Å². The van der Waals surface area contributed by atoms with Crippen LogP contribution in [0.25, 0.3) is 11.3 Å². The lowest BCUT2D eigenvalue weighted by atomic mass is 10.1. The Morgan fingerprint density at radius 1 is 1.12 bits per heavy atom. The third kappa shape index (κ3) is 3.18. The van der Waals surface area contributed by atoms with E-state index in [1.54, 1.807) is 17.4 Å². The zero-order chi connectivity index (χ0) is 18.7. The Morgan fingerprint density at radius 3 is 2.38 bits per heavy atom. The first-order chi connectivity index (χ1) is 12.6. The average molecular weight is 357 g/mol. The molecule has 136 valence electrons. The molecule has 1 aromatic heterocycles. The highest BCUT2D eigenvalue weighted by Gasteiger charge is 2.32. The normalized spacial score (nSPS) is 14.3. The van der Waals surface area contributed by atoms with Gasteiger partial charge in [-0.1, -0.05) is 12.1 Å². The van der Waals surface area contributed by atoms with E-state index in [9.17, 15) is 9.59 Å². The zero-order valence-corrected chi connectivity index (χ0v) is 14.8. The highest BCUT2D eigenvalue weighted by Crippen LogP contribution is 2.29. The first-order valence-electron chi connectivity index (χ1n) is 7.88. The summed E-state index contributed by atoms with van der Waals surface area (Å²) in [5, 5.41) is 0. The summed E-state index contributed by atoms with van der Waals surface area (Å²) in [6.07, 6.45) is 3.50. The highest BCUT2D eigenvalue weighted by molar-refractivity contribution is 6.03. The van der Waals surface area contributed by atoms with Crippen molar-refractivity contribution >= 4 is 17.6 Å². The number of benzene rings is 1. The van der Waals surface area contributed by atoms with Gasteiger partial charge in [-0.3, -0.25) is 0 Å². The predicted octanol–water partition coefficient (Wildman–Crippen LogP) is 1.48. The van der Waals surface area contributed by atoms with Crippen molar-refractivity contribution in [3.8, 4) is 11.3 Å². The van der Waals surface area contributed by atoms with E-state index in [0.29, 0.717) is 5.69 Å². The van der Waals surface area contributed by atoms with E-state index in [1.165, 1.54) is 14.2 Å². The van der Waals surface area contributed by atoms with Crippen LogP contribution in [0.3, 0.4) is 0 Å². The number of hydrogen-bond acceptors (Lipinski definition) is 7. The van der Waals surface area contributed by atoms with Crippen molar-refractivity contribution in [1.29, 1.82) is 0 Å². The quantitative estimate of drug-likeness (QED) is 0.767. The van der Waals surface area contributed by atoms with Crippen LogP contribution in [0.1, 0.15) is 0 Å². The van der Waals surface area contributed by atoms with Gasteiger partial charge >= 0.3 is 11.9 Å². The number of esters is 2. The van der Waals surface area contributed by atoms with Gasteiger partial charge in [-0.15, -0.1) is 0 Å². The minimum Gasteiger partial charge on any atom is -0.466 e. The molecule has 0 unspecified atom stereocenters. The molecule has 1 aromatic carbocycles. The van der Waals surface area contributed by atoms with Crippen LogP contribution >= 0.6 is 0 Å². The molecular formula is C18H19N3O5. The Labute approximate surface area is 150 Å². The molecule has 8 nitrogen and oxygen atoms in total. The van der Waals surface area contributed by atoms with E-state index in [1.807, 2.05) is 35.9 Å². The fourth-order valence-electron chi connectivity index (χ4n) is 2.79. The summed E-state index contributed by atoms with van der Waals surface area (Å²) in [4.78, 5) is 30.0. The van der Waals surface area contributed by atoms with E-state index in [0.717, 1.165) is 11.3 Å². The molecule has 3 rings (SSSR count). The minimum absolute atomic E-state index is 0.0132. The van der Waals surface area contributed by atoms with Gasteiger partial charge in [-0.05, 0) is 17.7 Å². The SMILES string of the molecule is COC(=O)C1=C(C(=O)OC)N(c2ccc(-c3cncn3C)cc2)COC1. The number of rotatable bonds is 4. The summed E-state index contributed by atoms with van der Waals surface area (Å²) in [7, 11) is 4.44. The fourth-order valence-corrected chi connectivity index (χ4v) is 2.79. The molecule has 0 spiro atoms. The first kappa shape index (κ1) is 17.7. The number of aromatic nitrogens is 2. The van der Waals surface area contributed by atoms with Crippen molar-refractivity contribution in [3.63, 3.8) is 0 Å². The van der Waals surface area contributed by atoms with E-state index >= 15 is 0 Å². The van der Waals surface area contributed by atoms with Crippen molar-refractivity contribution in [2.24, 2.45) is 7.05 Å². The van der Waals surface area contributed by atoms with Crippen molar-refractivity contribution < 1.29 is 23.8 Å². The molecule has 2 aromatic rings. The smallest absolute Gasteiger partial charge is 0.355 e. The molecule has 2 heterocycles. The summed E-state index contributed by atoms with van der Waals surface area (Å²) >= 11 is 0. The Kier molecular flexibility index (Phi) is 5.04. The van der Waals surface area contributed by atoms with Crippen LogP contribution < -0.4 is 4.90 Å². The lowest BCUT2D eigenvalue weighted by Gasteiger charge is -2.31.